The van der Waals surface area contributed by atoms with E-state index < -0.39 is 0 Å². The summed E-state index contributed by atoms with van der Waals surface area (Å²) in [7, 11) is 1.71. The molecule has 0 fully saturated rings. The standard InChI is InChI=1S/C26H28N2O2S/c1-30-22-13-7-5-12-21(22)24-25-20(19-11-6-8-14-23(19)31-25)15-16-28(24)26(29)27-17-18-9-3-2-4-10-18/h2-5,7,9-10,12-13,24H,6,8,11,14-17H2,1H3,(H,27,29)/t24-/m1/s1. The summed E-state index contributed by atoms with van der Waals surface area (Å²) in [5.74, 6) is 0.840. The van der Waals surface area contributed by atoms with Crippen LogP contribution in [0.15, 0.2) is 54.6 Å². The van der Waals surface area contributed by atoms with E-state index in [1.54, 1.807) is 12.7 Å². The van der Waals surface area contributed by atoms with Gasteiger partial charge in [0, 0.05) is 28.4 Å². The summed E-state index contributed by atoms with van der Waals surface area (Å²) < 4.78 is 5.72. The summed E-state index contributed by atoms with van der Waals surface area (Å²) in [4.78, 5) is 18.3. The van der Waals surface area contributed by atoms with Gasteiger partial charge in [0.15, 0.2) is 0 Å². The highest BCUT2D eigenvalue weighted by Gasteiger charge is 2.37. The first-order valence-corrected chi connectivity index (χ1v) is 11.9. The van der Waals surface area contributed by atoms with Crippen molar-refractivity contribution in [3.8, 4) is 5.75 Å². The van der Waals surface area contributed by atoms with Crippen LogP contribution in [0.5, 0.6) is 5.75 Å². The van der Waals surface area contributed by atoms with E-state index in [9.17, 15) is 4.79 Å². The number of fused-ring (bicyclic) bond motifs is 3. The molecule has 0 saturated heterocycles. The number of methoxy groups -OCH3 is 1. The number of ether oxygens (including phenoxy) is 1. The van der Waals surface area contributed by atoms with Crippen molar-refractivity contribution in [2.24, 2.45) is 0 Å². The fourth-order valence-electron chi connectivity index (χ4n) is 4.95. The van der Waals surface area contributed by atoms with E-state index in [0.717, 1.165) is 29.8 Å². The first-order valence-electron chi connectivity index (χ1n) is 11.1. The Morgan fingerprint density at radius 1 is 1.03 bits per heavy atom. The van der Waals surface area contributed by atoms with Gasteiger partial charge in [0.25, 0.3) is 0 Å². The predicted molar refractivity (Wildman–Crippen MR) is 125 cm³/mol. The number of benzene rings is 2. The van der Waals surface area contributed by atoms with Crippen molar-refractivity contribution in [1.29, 1.82) is 0 Å². The molecule has 0 saturated carbocycles. The topological polar surface area (TPSA) is 41.6 Å². The molecule has 2 amide bonds. The summed E-state index contributed by atoms with van der Waals surface area (Å²) in [6, 6.07) is 18.1. The predicted octanol–water partition coefficient (Wildman–Crippen LogP) is 5.49. The summed E-state index contributed by atoms with van der Waals surface area (Å²) in [5.41, 5.74) is 5.23. The minimum absolute atomic E-state index is 0.0169. The molecule has 31 heavy (non-hydrogen) atoms. The minimum Gasteiger partial charge on any atom is -0.496 e. The Morgan fingerprint density at radius 3 is 2.65 bits per heavy atom. The van der Waals surface area contributed by atoms with Crippen molar-refractivity contribution in [1.82, 2.24) is 10.2 Å². The third-order valence-electron chi connectivity index (χ3n) is 6.46. The molecule has 2 aromatic carbocycles. The van der Waals surface area contributed by atoms with Gasteiger partial charge in [-0.3, -0.25) is 0 Å². The van der Waals surface area contributed by atoms with Crippen molar-refractivity contribution in [2.75, 3.05) is 13.7 Å². The number of nitrogens with one attached hydrogen (secondary N) is 1. The first kappa shape index (κ1) is 20.1. The molecule has 1 aliphatic heterocycles. The van der Waals surface area contributed by atoms with Gasteiger partial charge in [-0.2, -0.15) is 0 Å². The fraction of sp³-hybridized carbons (Fsp3) is 0.346. The molecule has 0 spiro atoms. The summed E-state index contributed by atoms with van der Waals surface area (Å²) in [6.07, 6.45) is 5.83. The maximum absolute atomic E-state index is 13.4. The second-order valence-electron chi connectivity index (χ2n) is 8.29. The molecule has 5 rings (SSSR count). The Balaban J connectivity index is 1.51. The van der Waals surface area contributed by atoms with Crippen LogP contribution in [0.4, 0.5) is 4.79 Å². The largest absolute Gasteiger partial charge is 0.496 e. The SMILES string of the molecule is COc1ccccc1[C@@H]1c2sc3c(c2CCN1C(=O)NCc1ccccc1)CCCC3. The summed E-state index contributed by atoms with van der Waals surface area (Å²) in [5, 5.41) is 3.15. The number of para-hydroxylation sites is 1. The van der Waals surface area contributed by atoms with Crippen molar-refractivity contribution >= 4 is 17.4 Å². The lowest BCUT2D eigenvalue weighted by atomic mass is 9.88. The van der Waals surface area contributed by atoms with Crippen LogP contribution < -0.4 is 10.1 Å². The van der Waals surface area contributed by atoms with E-state index in [4.69, 9.17) is 4.74 Å². The fourth-order valence-corrected chi connectivity index (χ4v) is 6.52. The lowest BCUT2D eigenvalue weighted by Crippen LogP contribution is -2.45. The molecule has 1 aromatic heterocycles. The number of urea groups is 1. The van der Waals surface area contributed by atoms with E-state index >= 15 is 0 Å². The molecule has 2 heterocycles. The number of hydrogen-bond acceptors (Lipinski definition) is 3. The highest BCUT2D eigenvalue weighted by molar-refractivity contribution is 7.12. The summed E-state index contributed by atoms with van der Waals surface area (Å²) >= 11 is 1.92. The average Bonchev–Trinajstić information content (AvgIpc) is 3.21. The van der Waals surface area contributed by atoms with Crippen LogP contribution >= 0.6 is 11.3 Å². The number of rotatable bonds is 4. The van der Waals surface area contributed by atoms with Crippen molar-refractivity contribution in [3.05, 3.63) is 86.6 Å². The molecular formula is C26H28N2O2S. The number of carbonyl (C=O) groups excluding carboxylic acids is 1. The van der Waals surface area contributed by atoms with Crippen LogP contribution in [-0.2, 0) is 25.8 Å². The third-order valence-corrected chi connectivity index (χ3v) is 7.84. The Labute approximate surface area is 187 Å². The number of carbonyl (C=O) groups is 1. The Morgan fingerprint density at radius 2 is 1.81 bits per heavy atom. The van der Waals surface area contributed by atoms with E-state index in [2.05, 4.69) is 11.4 Å². The van der Waals surface area contributed by atoms with Gasteiger partial charge in [-0.05, 0) is 54.9 Å². The molecule has 2 aliphatic rings. The van der Waals surface area contributed by atoms with Gasteiger partial charge in [0.05, 0.1) is 13.2 Å². The van der Waals surface area contributed by atoms with Gasteiger partial charge < -0.3 is 15.0 Å². The van der Waals surface area contributed by atoms with Crippen molar-refractivity contribution < 1.29 is 9.53 Å². The molecule has 1 N–H and O–H groups in total. The van der Waals surface area contributed by atoms with Crippen LogP contribution in [-0.4, -0.2) is 24.6 Å². The number of aryl methyl sites for hydroxylation is 1. The zero-order valence-electron chi connectivity index (χ0n) is 17.9. The van der Waals surface area contributed by atoms with Gasteiger partial charge in [0.1, 0.15) is 5.75 Å². The Bertz CT molecular complexity index is 1080. The van der Waals surface area contributed by atoms with E-state index in [0.29, 0.717) is 6.54 Å². The quantitative estimate of drug-likeness (QED) is 0.592. The molecule has 0 bridgehead atoms. The number of thiophene rings is 1. The maximum Gasteiger partial charge on any atom is 0.318 e. The lowest BCUT2D eigenvalue weighted by Gasteiger charge is -2.37. The Kier molecular flexibility index (Phi) is 5.68. The summed E-state index contributed by atoms with van der Waals surface area (Å²) in [6.45, 7) is 1.25. The number of hydrogen-bond donors (Lipinski definition) is 1. The van der Waals surface area contributed by atoms with Gasteiger partial charge in [-0.15, -0.1) is 11.3 Å². The lowest BCUT2D eigenvalue weighted by molar-refractivity contribution is 0.179. The molecule has 4 nitrogen and oxygen atoms in total. The zero-order valence-corrected chi connectivity index (χ0v) is 18.7. The smallest absolute Gasteiger partial charge is 0.318 e. The second-order valence-corrected chi connectivity index (χ2v) is 9.42. The number of amides is 2. The molecule has 0 unspecified atom stereocenters. The van der Waals surface area contributed by atoms with Gasteiger partial charge in [-0.25, -0.2) is 4.79 Å². The van der Waals surface area contributed by atoms with Crippen LogP contribution in [0.2, 0.25) is 0 Å². The van der Waals surface area contributed by atoms with Crippen LogP contribution in [0.25, 0.3) is 0 Å². The molecule has 160 valence electrons. The Hall–Kier alpha value is -2.79. The molecule has 0 radical (unpaired) electrons. The average molecular weight is 433 g/mol. The van der Waals surface area contributed by atoms with Gasteiger partial charge in [-0.1, -0.05) is 48.5 Å². The van der Waals surface area contributed by atoms with E-state index in [1.165, 1.54) is 41.0 Å². The van der Waals surface area contributed by atoms with Crippen LogP contribution in [0.1, 0.15) is 50.9 Å². The van der Waals surface area contributed by atoms with E-state index in [1.807, 2.05) is 64.8 Å². The highest BCUT2D eigenvalue weighted by atomic mass is 32.1. The second kappa shape index (κ2) is 8.75. The minimum atomic E-state index is -0.105. The van der Waals surface area contributed by atoms with Gasteiger partial charge >= 0.3 is 6.03 Å². The van der Waals surface area contributed by atoms with Crippen LogP contribution in [0, 0.1) is 0 Å². The third kappa shape index (κ3) is 3.83. The van der Waals surface area contributed by atoms with Crippen LogP contribution in [0.3, 0.4) is 0 Å². The molecule has 5 heteroatoms. The van der Waals surface area contributed by atoms with Crippen molar-refractivity contribution in [2.45, 2.75) is 44.7 Å². The highest BCUT2D eigenvalue weighted by Crippen LogP contribution is 2.46. The molecular weight excluding hydrogens is 404 g/mol. The monoisotopic (exact) mass is 432 g/mol. The normalized spacial score (nSPS) is 17.6. The van der Waals surface area contributed by atoms with Crippen molar-refractivity contribution in [3.63, 3.8) is 0 Å². The molecule has 3 aromatic rings. The molecule has 1 aliphatic carbocycles. The maximum atomic E-state index is 13.4. The van der Waals surface area contributed by atoms with Gasteiger partial charge in [0.2, 0.25) is 0 Å². The van der Waals surface area contributed by atoms with E-state index in [-0.39, 0.29) is 12.1 Å². The molecule has 1 atom stereocenters. The number of nitrogens with zero attached hydrogens (tertiary/aromatic N) is 1. The zero-order chi connectivity index (χ0) is 21.2. The first-order chi connectivity index (χ1) is 15.3.